The van der Waals surface area contributed by atoms with E-state index in [4.69, 9.17) is 0 Å². The number of amides is 1. The van der Waals surface area contributed by atoms with Crippen LogP contribution in [-0.4, -0.2) is 28.2 Å². The van der Waals surface area contributed by atoms with Crippen LogP contribution in [0.1, 0.15) is 38.8 Å². The second kappa shape index (κ2) is 8.17. The molecule has 0 fully saturated rings. The lowest BCUT2D eigenvalue weighted by Crippen LogP contribution is -2.24. The van der Waals surface area contributed by atoms with E-state index in [2.05, 4.69) is 17.6 Å². The van der Waals surface area contributed by atoms with Crippen molar-refractivity contribution in [3.63, 3.8) is 0 Å². The van der Waals surface area contributed by atoms with Crippen LogP contribution in [0.4, 0.5) is 5.69 Å². The van der Waals surface area contributed by atoms with Crippen LogP contribution in [0.3, 0.4) is 0 Å². The highest BCUT2D eigenvalue weighted by atomic mass is 32.2. The Hall–Kier alpha value is -1.20. The van der Waals surface area contributed by atoms with Gasteiger partial charge in [0.2, 0.25) is 5.91 Å². The van der Waals surface area contributed by atoms with E-state index in [-0.39, 0.29) is 17.2 Å². The molecule has 0 spiro atoms. The molecule has 0 aliphatic heterocycles. The van der Waals surface area contributed by atoms with Crippen LogP contribution in [0.25, 0.3) is 0 Å². The summed E-state index contributed by atoms with van der Waals surface area (Å²) in [6.07, 6.45) is 2.63. The SMILES string of the molecule is CC(=O)Nc1cccc(C(C)NCCC(C)S(C)=O)c1. The van der Waals surface area contributed by atoms with E-state index in [1.165, 1.54) is 6.92 Å². The van der Waals surface area contributed by atoms with Crippen LogP contribution in [0.2, 0.25) is 0 Å². The van der Waals surface area contributed by atoms with Crippen LogP contribution in [0.5, 0.6) is 0 Å². The fourth-order valence-electron chi connectivity index (χ4n) is 1.88. The van der Waals surface area contributed by atoms with Crippen molar-refractivity contribution in [2.45, 2.75) is 38.5 Å². The summed E-state index contributed by atoms with van der Waals surface area (Å²) < 4.78 is 11.3. The maximum Gasteiger partial charge on any atom is 0.221 e. The predicted octanol–water partition coefficient (Wildman–Crippen LogP) is 2.45. The van der Waals surface area contributed by atoms with Crippen LogP contribution in [-0.2, 0) is 15.6 Å². The number of nitrogens with one attached hydrogen (secondary N) is 2. The highest BCUT2D eigenvalue weighted by molar-refractivity contribution is 7.84. The third-order valence-electron chi connectivity index (χ3n) is 3.28. The van der Waals surface area contributed by atoms with Gasteiger partial charge in [-0.15, -0.1) is 0 Å². The number of carbonyl (C=O) groups excluding carboxylic acids is 1. The van der Waals surface area contributed by atoms with Crippen molar-refractivity contribution in [2.75, 3.05) is 18.1 Å². The van der Waals surface area contributed by atoms with Gasteiger partial charge in [0.15, 0.2) is 0 Å². The fourth-order valence-corrected chi connectivity index (χ4v) is 2.33. The van der Waals surface area contributed by atoms with Crippen molar-refractivity contribution in [3.05, 3.63) is 29.8 Å². The van der Waals surface area contributed by atoms with Gasteiger partial charge in [0.1, 0.15) is 0 Å². The lowest BCUT2D eigenvalue weighted by molar-refractivity contribution is -0.114. The maximum atomic E-state index is 11.3. The number of rotatable bonds is 7. The minimum atomic E-state index is -0.767. The van der Waals surface area contributed by atoms with E-state index in [9.17, 15) is 9.00 Å². The van der Waals surface area contributed by atoms with E-state index in [1.54, 1.807) is 6.26 Å². The maximum absolute atomic E-state index is 11.3. The zero-order chi connectivity index (χ0) is 15.1. The second-order valence-electron chi connectivity index (χ2n) is 5.08. The molecule has 0 saturated heterocycles. The van der Waals surface area contributed by atoms with Crippen molar-refractivity contribution in [1.82, 2.24) is 5.32 Å². The van der Waals surface area contributed by atoms with Gasteiger partial charge in [-0.25, -0.2) is 0 Å². The normalized spacial score (nSPS) is 15.4. The van der Waals surface area contributed by atoms with Gasteiger partial charge in [-0.2, -0.15) is 0 Å². The Balaban J connectivity index is 2.52. The van der Waals surface area contributed by atoms with Crippen LogP contribution in [0, 0.1) is 0 Å². The summed E-state index contributed by atoms with van der Waals surface area (Å²) in [6.45, 7) is 6.41. The summed E-state index contributed by atoms with van der Waals surface area (Å²) in [5.41, 5.74) is 1.94. The summed E-state index contributed by atoms with van der Waals surface area (Å²) in [6, 6.07) is 8.01. The molecular formula is C15H24N2O2S. The topological polar surface area (TPSA) is 58.2 Å². The molecule has 0 radical (unpaired) electrons. The molecule has 1 aromatic carbocycles. The van der Waals surface area contributed by atoms with Gasteiger partial charge in [-0.1, -0.05) is 19.1 Å². The Morgan fingerprint density at radius 2 is 2.05 bits per heavy atom. The number of anilines is 1. The first-order chi connectivity index (χ1) is 9.40. The molecule has 1 aromatic rings. The second-order valence-corrected chi connectivity index (χ2v) is 6.88. The quantitative estimate of drug-likeness (QED) is 0.812. The molecule has 0 saturated carbocycles. The molecule has 1 amide bonds. The zero-order valence-corrected chi connectivity index (χ0v) is 13.4. The summed E-state index contributed by atoms with van der Waals surface area (Å²) in [4.78, 5) is 11.0. The number of hydrogen-bond donors (Lipinski definition) is 2. The van der Waals surface area contributed by atoms with E-state index < -0.39 is 10.8 Å². The zero-order valence-electron chi connectivity index (χ0n) is 12.6. The first-order valence-electron chi connectivity index (χ1n) is 6.83. The Labute approximate surface area is 123 Å². The largest absolute Gasteiger partial charge is 0.326 e. The molecule has 0 aliphatic carbocycles. The lowest BCUT2D eigenvalue weighted by atomic mass is 10.1. The molecular weight excluding hydrogens is 272 g/mol. The van der Waals surface area contributed by atoms with Crippen molar-refractivity contribution in [3.8, 4) is 0 Å². The van der Waals surface area contributed by atoms with Gasteiger partial charge in [0.25, 0.3) is 0 Å². The van der Waals surface area contributed by atoms with Crippen molar-refractivity contribution >= 4 is 22.4 Å². The van der Waals surface area contributed by atoms with E-state index in [0.717, 1.165) is 24.2 Å². The summed E-state index contributed by atoms with van der Waals surface area (Å²) >= 11 is 0. The highest BCUT2D eigenvalue weighted by Gasteiger charge is 2.09. The first-order valence-corrected chi connectivity index (χ1v) is 8.45. The fraction of sp³-hybridized carbons (Fsp3) is 0.533. The molecule has 20 heavy (non-hydrogen) atoms. The molecule has 4 nitrogen and oxygen atoms in total. The smallest absolute Gasteiger partial charge is 0.221 e. The van der Waals surface area contributed by atoms with Gasteiger partial charge in [-0.05, 0) is 37.6 Å². The molecule has 0 aromatic heterocycles. The van der Waals surface area contributed by atoms with Gasteiger partial charge in [-0.3, -0.25) is 9.00 Å². The predicted molar refractivity (Wildman–Crippen MR) is 85.3 cm³/mol. The number of hydrogen-bond acceptors (Lipinski definition) is 3. The molecule has 112 valence electrons. The summed E-state index contributed by atoms with van der Waals surface area (Å²) in [5.74, 6) is -0.0676. The van der Waals surface area contributed by atoms with E-state index in [0.29, 0.717) is 0 Å². The molecule has 0 bridgehead atoms. The van der Waals surface area contributed by atoms with Crippen LogP contribution >= 0.6 is 0 Å². The van der Waals surface area contributed by atoms with Gasteiger partial charge >= 0.3 is 0 Å². The van der Waals surface area contributed by atoms with Gasteiger partial charge < -0.3 is 10.6 Å². The Kier molecular flexibility index (Phi) is 6.88. The monoisotopic (exact) mass is 296 g/mol. The summed E-state index contributed by atoms with van der Waals surface area (Å²) in [5, 5.41) is 6.41. The minimum absolute atomic E-state index is 0.0676. The van der Waals surface area contributed by atoms with Crippen molar-refractivity contribution in [2.24, 2.45) is 0 Å². The first kappa shape index (κ1) is 16.9. The Morgan fingerprint density at radius 1 is 1.35 bits per heavy atom. The standard InChI is InChI=1S/C15H24N2O2S/c1-11(20(4)19)8-9-16-12(2)14-6-5-7-15(10-14)17-13(3)18/h5-7,10-12,16H,8-9H2,1-4H3,(H,17,18). The molecule has 5 heteroatoms. The average Bonchev–Trinajstić information content (AvgIpc) is 2.37. The van der Waals surface area contributed by atoms with Gasteiger partial charge in [0.05, 0.1) is 0 Å². The third kappa shape index (κ3) is 5.84. The molecule has 3 unspecified atom stereocenters. The van der Waals surface area contributed by atoms with Crippen LogP contribution < -0.4 is 10.6 Å². The number of carbonyl (C=O) groups is 1. The molecule has 3 atom stereocenters. The molecule has 1 rings (SSSR count). The van der Waals surface area contributed by atoms with E-state index in [1.807, 2.05) is 31.2 Å². The molecule has 0 heterocycles. The summed E-state index contributed by atoms with van der Waals surface area (Å²) in [7, 11) is -0.767. The van der Waals surface area contributed by atoms with E-state index >= 15 is 0 Å². The van der Waals surface area contributed by atoms with Crippen LogP contribution in [0.15, 0.2) is 24.3 Å². The lowest BCUT2D eigenvalue weighted by Gasteiger charge is -2.16. The Morgan fingerprint density at radius 3 is 2.65 bits per heavy atom. The van der Waals surface area contributed by atoms with Crippen molar-refractivity contribution in [1.29, 1.82) is 0 Å². The average molecular weight is 296 g/mol. The highest BCUT2D eigenvalue weighted by Crippen LogP contribution is 2.17. The minimum Gasteiger partial charge on any atom is -0.326 e. The van der Waals surface area contributed by atoms with Gasteiger partial charge in [0, 0.05) is 41.0 Å². The third-order valence-corrected chi connectivity index (χ3v) is 4.64. The Bertz CT molecular complexity index is 477. The number of benzene rings is 1. The van der Waals surface area contributed by atoms with Crippen molar-refractivity contribution < 1.29 is 9.00 Å². The molecule has 2 N–H and O–H groups in total. The molecule has 0 aliphatic rings.